The zero-order chi connectivity index (χ0) is 23.2. The fraction of sp³-hybridized carbons (Fsp3) is 0.207. The van der Waals surface area contributed by atoms with E-state index in [9.17, 15) is 0 Å². The Morgan fingerprint density at radius 2 is 1.09 bits per heavy atom. The fourth-order valence-corrected chi connectivity index (χ4v) is 4.33. The van der Waals surface area contributed by atoms with E-state index in [2.05, 4.69) is 94.4 Å². The first kappa shape index (κ1) is 21.5. The van der Waals surface area contributed by atoms with Gasteiger partial charge in [0.25, 0.3) is 0 Å². The molecule has 4 heteroatoms. The van der Waals surface area contributed by atoms with Gasteiger partial charge in [-0.1, -0.05) is 72.8 Å². The van der Waals surface area contributed by atoms with Gasteiger partial charge in [-0.15, -0.1) is 0 Å². The van der Waals surface area contributed by atoms with Crippen molar-refractivity contribution in [1.29, 1.82) is 5.26 Å². The summed E-state index contributed by atoms with van der Waals surface area (Å²) in [6, 6.07) is 31.3. The van der Waals surface area contributed by atoms with Crippen molar-refractivity contribution in [1.82, 2.24) is 0 Å². The molecule has 1 saturated heterocycles. The Morgan fingerprint density at radius 1 is 0.636 bits per heavy atom. The smallest absolute Gasteiger partial charge is 0.399 e. The molecule has 0 unspecified atom stereocenters. The van der Waals surface area contributed by atoms with Crippen LogP contribution in [0.25, 0.3) is 33.0 Å². The molecule has 1 heterocycles. The molecular formula is C29H26BNO2. The summed E-state index contributed by atoms with van der Waals surface area (Å²) in [5, 5.41) is 11.5. The van der Waals surface area contributed by atoms with Crippen molar-refractivity contribution in [3.05, 3.63) is 90.5 Å². The molecule has 4 aromatic carbocycles. The summed E-state index contributed by atoms with van der Waals surface area (Å²) in [4.78, 5) is 0. The lowest BCUT2D eigenvalue weighted by Gasteiger charge is -2.32. The summed E-state index contributed by atoms with van der Waals surface area (Å²) < 4.78 is 12.4. The second kappa shape index (κ2) is 7.88. The number of hydrogen-bond acceptors (Lipinski definition) is 3. The average molecular weight is 431 g/mol. The minimum atomic E-state index is -0.362. The SMILES string of the molecule is CC1(C)OB(c2ccc(-c3ccc(-c4ccc(C#N)cc4)c4ccccc34)cc2)OC1(C)C. The Bertz CT molecular complexity index is 1350. The van der Waals surface area contributed by atoms with Gasteiger partial charge < -0.3 is 9.31 Å². The van der Waals surface area contributed by atoms with Gasteiger partial charge in [0.05, 0.1) is 22.8 Å². The van der Waals surface area contributed by atoms with Gasteiger partial charge in [-0.05, 0) is 78.3 Å². The number of nitriles is 1. The largest absolute Gasteiger partial charge is 0.494 e. The molecule has 0 saturated carbocycles. The third-order valence-electron chi connectivity index (χ3n) is 7.00. The highest BCUT2D eigenvalue weighted by molar-refractivity contribution is 6.62. The molecule has 4 aromatic rings. The normalized spacial score (nSPS) is 16.6. The Kier molecular flexibility index (Phi) is 5.13. The average Bonchev–Trinajstić information content (AvgIpc) is 3.05. The van der Waals surface area contributed by atoms with Crippen molar-refractivity contribution < 1.29 is 9.31 Å². The summed E-state index contributed by atoms with van der Waals surface area (Å²) >= 11 is 0. The topological polar surface area (TPSA) is 42.2 Å². The van der Waals surface area contributed by atoms with Crippen LogP contribution in [-0.4, -0.2) is 18.3 Å². The number of fused-ring (bicyclic) bond motifs is 1. The van der Waals surface area contributed by atoms with Crippen molar-refractivity contribution in [2.24, 2.45) is 0 Å². The molecule has 3 nitrogen and oxygen atoms in total. The van der Waals surface area contributed by atoms with Crippen molar-refractivity contribution >= 4 is 23.4 Å². The van der Waals surface area contributed by atoms with Crippen LogP contribution in [0, 0.1) is 11.3 Å². The van der Waals surface area contributed by atoms with Crippen LogP contribution in [0.15, 0.2) is 84.9 Å². The number of hydrogen-bond donors (Lipinski definition) is 0. The predicted molar refractivity (Wildman–Crippen MR) is 135 cm³/mol. The lowest BCUT2D eigenvalue weighted by molar-refractivity contribution is 0.00578. The van der Waals surface area contributed by atoms with Gasteiger partial charge in [0.2, 0.25) is 0 Å². The molecule has 33 heavy (non-hydrogen) atoms. The Morgan fingerprint density at radius 3 is 1.55 bits per heavy atom. The molecular weight excluding hydrogens is 405 g/mol. The van der Waals surface area contributed by atoms with E-state index in [1.807, 2.05) is 24.3 Å². The third-order valence-corrected chi connectivity index (χ3v) is 7.00. The van der Waals surface area contributed by atoms with Crippen LogP contribution < -0.4 is 5.46 Å². The highest BCUT2D eigenvalue weighted by Crippen LogP contribution is 2.38. The van der Waals surface area contributed by atoms with Crippen LogP contribution in [0.1, 0.15) is 33.3 Å². The van der Waals surface area contributed by atoms with Crippen LogP contribution in [0.3, 0.4) is 0 Å². The summed E-state index contributed by atoms with van der Waals surface area (Å²) in [5.74, 6) is 0. The van der Waals surface area contributed by atoms with Gasteiger partial charge in [0.15, 0.2) is 0 Å². The second-order valence-corrected chi connectivity index (χ2v) is 9.61. The first-order valence-corrected chi connectivity index (χ1v) is 11.3. The molecule has 1 aliphatic heterocycles. The molecule has 0 spiro atoms. The molecule has 0 N–H and O–H groups in total. The Labute approximate surface area is 195 Å². The van der Waals surface area contributed by atoms with Crippen LogP contribution in [0.2, 0.25) is 0 Å². The highest BCUT2D eigenvalue weighted by atomic mass is 16.7. The molecule has 162 valence electrons. The van der Waals surface area contributed by atoms with Crippen LogP contribution in [-0.2, 0) is 9.31 Å². The van der Waals surface area contributed by atoms with E-state index in [4.69, 9.17) is 14.6 Å². The first-order valence-electron chi connectivity index (χ1n) is 11.3. The first-order chi connectivity index (χ1) is 15.8. The van der Waals surface area contributed by atoms with E-state index in [1.165, 1.54) is 16.3 Å². The van der Waals surface area contributed by atoms with Gasteiger partial charge in [0.1, 0.15) is 0 Å². The zero-order valence-electron chi connectivity index (χ0n) is 19.4. The molecule has 0 amide bonds. The summed E-state index contributed by atoms with van der Waals surface area (Å²) in [6.45, 7) is 8.29. The summed E-state index contributed by atoms with van der Waals surface area (Å²) in [6.07, 6.45) is 0. The lowest BCUT2D eigenvalue weighted by Crippen LogP contribution is -2.41. The molecule has 5 rings (SSSR count). The lowest BCUT2D eigenvalue weighted by atomic mass is 9.78. The van der Waals surface area contributed by atoms with Crippen molar-refractivity contribution in [3.8, 4) is 28.3 Å². The van der Waals surface area contributed by atoms with Gasteiger partial charge in [0, 0.05) is 0 Å². The van der Waals surface area contributed by atoms with Gasteiger partial charge in [-0.25, -0.2) is 0 Å². The standard InChI is InChI=1S/C29H26BNO2/c1-28(2)29(3,4)33-30(32-28)23-15-13-22(14-16-23)25-18-17-24(26-7-5-6-8-27(25)26)21-11-9-20(19-31)10-12-21/h5-18H,1-4H3. The molecule has 1 aliphatic rings. The van der Waals surface area contributed by atoms with Gasteiger partial charge >= 0.3 is 7.12 Å². The number of rotatable bonds is 3. The molecule has 0 bridgehead atoms. The van der Waals surface area contributed by atoms with Gasteiger partial charge in [-0.3, -0.25) is 0 Å². The maximum absolute atomic E-state index is 9.11. The number of nitrogens with zero attached hydrogens (tertiary/aromatic N) is 1. The molecule has 0 aromatic heterocycles. The Hall–Kier alpha value is -3.39. The van der Waals surface area contributed by atoms with E-state index in [-0.39, 0.29) is 18.3 Å². The maximum Gasteiger partial charge on any atom is 0.494 e. The Balaban J connectivity index is 1.51. The maximum atomic E-state index is 9.11. The third kappa shape index (κ3) is 3.74. The van der Waals surface area contributed by atoms with E-state index < -0.39 is 0 Å². The molecule has 0 atom stereocenters. The van der Waals surface area contributed by atoms with Crippen molar-refractivity contribution in [2.75, 3.05) is 0 Å². The minimum absolute atomic E-state index is 0.353. The zero-order valence-corrected chi connectivity index (χ0v) is 19.4. The fourth-order valence-electron chi connectivity index (χ4n) is 4.33. The minimum Gasteiger partial charge on any atom is -0.399 e. The van der Waals surface area contributed by atoms with Gasteiger partial charge in [-0.2, -0.15) is 5.26 Å². The molecule has 0 aliphatic carbocycles. The van der Waals surface area contributed by atoms with E-state index in [0.717, 1.165) is 22.2 Å². The quantitative estimate of drug-likeness (QED) is 0.355. The molecule has 1 fully saturated rings. The van der Waals surface area contributed by atoms with Crippen molar-refractivity contribution in [2.45, 2.75) is 38.9 Å². The van der Waals surface area contributed by atoms with Crippen LogP contribution in [0.5, 0.6) is 0 Å². The highest BCUT2D eigenvalue weighted by Gasteiger charge is 2.51. The van der Waals surface area contributed by atoms with Crippen LogP contribution >= 0.6 is 0 Å². The second-order valence-electron chi connectivity index (χ2n) is 9.61. The van der Waals surface area contributed by atoms with Crippen LogP contribution in [0.4, 0.5) is 0 Å². The number of benzene rings is 4. The molecule has 0 radical (unpaired) electrons. The predicted octanol–water partition coefficient (Wildman–Crippen LogP) is 6.34. The van der Waals surface area contributed by atoms with E-state index in [1.54, 1.807) is 0 Å². The van der Waals surface area contributed by atoms with Crippen molar-refractivity contribution in [3.63, 3.8) is 0 Å². The summed E-state index contributed by atoms with van der Waals surface area (Å²) in [5.41, 5.74) is 5.58. The van der Waals surface area contributed by atoms with E-state index in [0.29, 0.717) is 5.56 Å². The van der Waals surface area contributed by atoms with E-state index >= 15 is 0 Å². The monoisotopic (exact) mass is 431 g/mol. The summed E-state index contributed by atoms with van der Waals surface area (Å²) in [7, 11) is -0.362.